The Morgan fingerprint density at radius 1 is 0.903 bits per heavy atom. The zero-order valence-electron chi connectivity index (χ0n) is 16.5. The molecule has 0 heterocycles. The van der Waals surface area contributed by atoms with Crippen LogP contribution in [0.2, 0.25) is 0 Å². The highest BCUT2D eigenvalue weighted by atomic mass is 16.6. The van der Waals surface area contributed by atoms with Gasteiger partial charge in [-0.3, -0.25) is 14.9 Å². The third-order valence-electron chi connectivity index (χ3n) is 4.36. The Kier molecular flexibility index (Phi) is 7.31. The van der Waals surface area contributed by atoms with Crippen LogP contribution in [0.15, 0.2) is 84.9 Å². The fraction of sp³-hybridized carbons (Fsp3) is 0.130. The second-order valence-corrected chi connectivity index (χ2v) is 6.60. The Labute approximate surface area is 178 Å². The van der Waals surface area contributed by atoms with Crippen molar-refractivity contribution in [2.24, 2.45) is 0 Å². The third kappa shape index (κ3) is 6.67. The molecule has 8 heteroatoms. The zero-order valence-corrected chi connectivity index (χ0v) is 16.5. The highest BCUT2D eigenvalue weighted by Gasteiger charge is 2.21. The van der Waals surface area contributed by atoms with Crippen molar-refractivity contribution in [1.29, 1.82) is 0 Å². The predicted octanol–water partition coefficient (Wildman–Crippen LogP) is 4.56. The number of rotatable bonds is 8. The Hall–Kier alpha value is -4.20. The monoisotopic (exact) mass is 420 g/mol. The summed E-state index contributed by atoms with van der Waals surface area (Å²) in [4.78, 5) is 34.9. The average Bonchev–Trinajstić information content (AvgIpc) is 2.79. The predicted molar refractivity (Wildman–Crippen MR) is 112 cm³/mol. The fourth-order valence-electron chi connectivity index (χ4n) is 2.82. The largest absolute Gasteiger partial charge is 0.445 e. The molecule has 0 aliphatic carbocycles. The maximum atomic E-state index is 12.4. The molecule has 8 nitrogen and oxygen atoms in total. The van der Waals surface area contributed by atoms with Crippen molar-refractivity contribution in [3.63, 3.8) is 0 Å². The van der Waals surface area contributed by atoms with Crippen molar-refractivity contribution in [2.75, 3.05) is 0 Å². The van der Waals surface area contributed by atoms with Crippen molar-refractivity contribution >= 4 is 17.7 Å². The summed E-state index contributed by atoms with van der Waals surface area (Å²) in [6.07, 6.45) is -0.817. The molecule has 1 atom stereocenters. The Balaban J connectivity index is 1.62. The summed E-state index contributed by atoms with van der Waals surface area (Å²) in [6, 6.07) is 22.7. The summed E-state index contributed by atoms with van der Waals surface area (Å²) in [5.74, 6) is -0.430. The van der Waals surface area contributed by atoms with E-state index in [9.17, 15) is 19.7 Å². The van der Waals surface area contributed by atoms with Gasteiger partial charge in [0.15, 0.2) is 0 Å². The number of benzene rings is 3. The number of hydrogen-bond donors (Lipinski definition) is 1. The SMILES string of the molecule is O=C(C[C@@H](NC(=O)OCc1ccccc1)c1ccccc1)Oc1ccc([N+](=O)[O-])cc1. The van der Waals surface area contributed by atoms with Crippen LogP contribution in [0.5, 0.6) is 5.75 Å². The molecular weight excluding hydrogens is 400 g/mol. The molecule has 0 fully saturated rings. The van der Waals surface area contributed by atoms with Crippen LogP contribution in [0.1, 0.15) is 23.6 Å². The first-order chi connectivity index (χ1) is 15.0. The number of nitro groups is 1. The molecule has 0 aromatic heterocycles. The lowest BCUT2D eigenvalue weighted by Gasteiger charge is -2.18. The van der Waals surface area contributed by atoms with Crippen molar-refractivity contribution < 1.29 is 24.0 Å². The van der Waals surface area contributed by atoms with Gasteiger partial charge in [-0.25, -0.2) is 4.79 Å². The molecule has 0 aliphatic heterocycles. The number of esters is 1. The highest BCUT2D eigenvalue weighted by molar-refractivity contribution is 5.75. The molecular formula is C23H20N2O6. The van der Waals surface area contributed by atoms with Crippen LogP contribution in [0.4, 0.5) is 10.5 Å². The maximum Gasteiger partial charge on any atom is 0.407 e. The van der Waals surface area contributed by atoms with E-state index in [-0.39, 0.29) is 24.5 Å². The molecule has 0 spiro atoms. The van der Waals surface area contributed by atoms with E-state index in [2.05, 4.69) is 5.32 Å². The molecule has 0 bridgehead atoms. The fourth-order valence-corrected chi connectivity index (χ4v) is 2.82. The van der Waals surface area contributed by atoms with Gasteiger partial charge in [-0.15, -0.1) is 0 Å². The standard InChI is InChI=1S/C23H20N2O6/c26-22(31-20-13-11-19(12-14-20)25(28)29)15-21(18-9-5-2-6-10-18)24-23(27)30-16-17-7-3-1-4-8-17/h1-14,21H,15-16H2,(H,24,27)/t21-/m1/s1. The highest BCUT2D eigenvalue weighted by Crippen LogP contribution is 2.21. The molecule has 0 radical (unpaired) electrons. The number of non-ortho nitro benzene ring substituents is 1. The van der Waals surface area contributed by atoms with E-state index in [0.29, 0.717) is 5.56 Å². The Morgan fingerprint density at radius 2 is 1.52 bits per heavy atom. The van der Waals surface area contributed by atoms with Crippen LogP contribution in [-0.2, 0) is 16.1 Å². The van der Waals surface area contributed by atoms with Gasteiger partial charge < -0.3 is 14.8 Å². The molecule has 31 heavy (non-hydrogen) atoms. The molecule has 3 aromatic rings. The van der Waals surface area contributed by atoms with Crippen molar-refractivity contribution in [2.45, 2.75) is 19.1 Å². The zero-order chi connectivity index (χ0) is 22.1. The quantitative estimate of drug-likeness (QED) is 0.248. The molecule has 0 saturated heterocycles. The number of nitrogens with one attached hydrogen (secondary N) is 1. The first-order valence-corrected chi connectivity index (χ1v) is 9.48. The van der Waals surface area contributed by atoms with Gasteiger partial charge in [0, 0.05) is 12.1 Å². The average molecular weight is 420 g/mol. The topological polar surface area (TPSA) is 108 Å². The number of nitro benzene ring substituents is 1. The number of nitrogens with zero attached hydrogens (tertiary/aromatic N) is 1. The minimum absolute atomic E-state index is 0.0986. The number of hydrogen-bond acceptors (Lipinski definition) is 6. The summed E-state index contributed by atoms with van der Waals surface area (Å²) in [7, 11) is 0. The van der Waals surface area contributed by atoms with Gasteiger partial charge in [-0.1, -0.05) is 60.7 Å². The van der Waals surface area contributed by atoms with Gasteiger partial charge in [0.05, 0.1) is 17.4 Å². The van der Waals surface area contributed by atoms with Crippen LogP contribution < -0.4 is 10.1 Å². The molecule has 0 aliphatic rings. The van der Waals surface area contributed by atoms with Crippen molar-refractivity contribution in [3.8, 4) is 5.75 Å². The second-order valence-electron chi connectivity index (χ2n) is 6.60. The summed E-state index contributed by atoms with van der Waals surface area (Å²) in [6.45, 7) is 0.0986. The van der Waals surface area contributed by atoms with Gasteiger partial charge >= 0.3 is 12.1 Å². The van der Waals surface area contributed by atoms with Gasteiger partial charge in [0.2, 0.25) is 0 Å². The van der Waals surface area contributed by atoms with Crippen molar-refractivity contribution in [3.05, 3.63) is 106 Å². The number of carbonyl (C=O) groups is 2. The lowest BCUT2D eigenvalue weighted by molar-refractivity contribution is -0.384. The second kappa shape index (κ2) is 10.5. The number of carbonyl (C=O) groups excluding carboxylic acids is 2. The molecule has 1 amide bonds. The summed E-state index contributed by atoms with van der Waals surface area (Å²) in [5.41, 5.74) is 1.44. The smallest absolute Gasteiger partial charge is 0.407 e. The van der Waals surface area contributed by atoms with E-state index >= 15 is 0 Å². The minimum atomic E-state index is -0.671. The van der Waals surface area contributed by atoms with Crippen LogP contribution >= 0.6 is 0 Å². The lowest BCUT2D eigenvalue weighted by atomic mass is 10.0. The first-order valence-electron chi connectivity index (χ1n) is 9.48. The molecule has 3 aromatic carbocycles. The van der Waals surface area contributed by atoms with E-state index in [4.69, 9.17) is 9.47 Å². The summed E-state index contributed by atoms with van der Waals surface area (Å²) >= 11 is 0. The summed E-state index contributed by atoms with van der Waals surface area (Å²) in [5, 5.41) is 13.4. The Bertz CT molecular complexity index is 1020. The normalized spacial score (nSPS) is 11.2. The van der Waals surface area contributed by atoms with Crippen LogP contribution in [-0.4, -0.2) is 17.0 Å². The lowest BCUT2D eigenvalue weighted by Crippen LogP contribution is -2.31. The molecule has 1 N–H and O–H groups in total. The van der Waals surface area contributed by atoms with Crippen LogP contribution in [0.3, 0.4) is 0 Å². The number of ether oxygens (including phenoxy) is 2. The molecule has 0 unspecified atom stereocenters. The number of alkyl carbamates (subject to hydrolysis) is 1. The van der Waals surface area contributed by atoms with Gasteiger partial charge in [-0.05, 0) is 23.3 Å². The molecule has 0 saturated carbocycles. The molecule has 3 rings (SSSR count). The summed E-state index contributed by atoms with van der Waals surface area (Å²) < 4.78 is 10.5. The van der Waals surface area contributed by atoms with E-state index in [1.165, 1.54) is 24.3 Å². The van der Waals surface area contributed by atoms with E-state index in [1.807, 2.05) is 36.4 Å². The Morgan fingerprint density at radius 3 is 2.13 bits per heavy atom. The number of amides is 1. The minimum Gasteiger partial charge on any atom is -0.445 e. The van der Waals surface area contributed by atoms with Gasteiger partial charge in [0.25, 0.3) is 5.69 Å². The van der Waals surface area contributed by atoms with Crippen LogP contribution in [0, 0.1) is 10.1 Å². The van der Waals surface area contributed by atoms with E-state index < -0.39 is 23.0 Å². The molecule has 158 valence electrons. The van der Waals surface area contributed by atoms with Crippen molar-refractivity contribution in [1.82, 2.24) is 5.32 Å². The third-order valence-corrected chi connectivity index (χ3v) is 4.36. The maximum absolute atomic E-state index is 12.4. The van der Waals surface area contributed by atoms with Gasteiger partial charge in [0.1, 0.15) is 12.4 Å². The van der Waals surface area contributed by atoms with Gasteiger partial charge in [-0.2, -0.15) is 0 Å². The first kappa shape index (κ1) is 21.5. The van der Waals surface area contributed by atoms with Crippen LogP contribution in [0.25, 0.3) is 0 Å². The van der Waals surface area contributed by atoms with E-state index in [0.717, 1.165) is 5.56 Å². The van der Waals surface area contributed by atoms with E-state index in [1.54, 1.807) is 24.3 Å².